The molecule has 1 fully saturated rings. The lowest BCUT2D eigenvalue weighted by atomic mass is 10.1. The lowest BCUT2D eigenvalue weighted by Gasteiger charge is -2.36. The maximum Gasteiger partial charge on any atom is 0.222 e. The lowest BCUT2D eigenvalue weighted by Crippen LogP contribution is -2.50. The summed E-state index contributed by atoms with van der Waals surface area (Å²) in [4.78, 5) is 13.8. The monoisotopic (exact) mass is 277 g/mol. The number of rotatable bonds is 4. The van der Waals surface area contributed by atoms with Gasteiger partial charge in [0.25, 0.3) is 0 Å². The summed E-state index contributed by atoms with van der Waals surface area (Å²) in [6.07, 6.45) is 2.90. The minimum atomic E-state index is 0.182. The Morgan fingerprint density at radius 1 is 1.47 bits per heavy atom. The van der Waals surface area contributed by atoms with Crippen LogP contribution in [0.1, 0.15) is 33.1 Å². The Bertz CT molecular complexity index is 211. The third-order valence-electron chi connectivity index (χ3n) is 2.70. The third kappa shape index (κ3) is 4.11. The molecule has 0 aromatic carbocycles. The van der Waals surface area contributed by atoms with Crippen LogP contribution in [0.2, 0.25) is 0 Å². The molecule has 0 radical (unpaired) electrons. The molecule has 0 N–H and O–H groups in total. The summed E-state index contributed by atoms with van der Waals surface area (Å²) < 4.78 is 5.49. The average Bonchev–Trinajstić information content (AvgIpc) is 2.22. The number of alkyl halides is 1. The van der Waals surface area contributed by atoms with E-state index < -0.39 is 0 Å². The summed E-state index contributed by atoms with van der Waals surface area (Å²) in [5.74, 6) is 0.276. The fourth-order valence-corrected chi connectivity index (χ4v) is 2.16. The van der Waals surface area contributed by atoms with Crippen LogP contribution in [-0.2, 0) is 9.53 Å². The molecule has 1 heterocycles. The highest BCUT2D eigenvalue weighted by molar-refractivity contribution is 9.09. The predicted octanol–water partition coefficient (Wildman–Crippen LogP) is 2.19. The van der Waals surface area contributed by atoms with Gasteiger partial charge in [-0.2, -0.15) is 0 Å². The minimum Gasteiger partial charge on any atom is -0.375 e. The highest BCUT2D eigenvalue weighted by Gasteiger charge is 2.26. The zero-order valence-corrected chi connectivity index (χ0v) is 11.1. The van der Waals surface area contributed by atoms with Crippen LogP contribution in [-0.4, -0.2) is 41.4 Å². The van der Waals surface area contributed by atoms with Crippen molar-refractivity contribution >= 4 is 21.8 Å². The number of hydrogen-bond donors (Lipinski definition) is 0. The molecule has 0 spiro atoms. The van der Waals surface area contributed by atoms with Gasteiger partial charge in [0.2, 0.25) is 5.91 Å². The SMILES string of the molecule is CC1CN(C(=O)CCCCBr)C(C)CO1. The van der Waals surface area contributed by atoms with Gasteiger partial charge in [-0.1, -0.05) is 15.9 Å². The second-order valence-electron chi connectivity index (χ2n) is 4.19. The van der Waals surface area contributed by atoms with E-state index in [1.807, 2.05) is 18.7 Å². The number of carbonyl (C=O) groups is 1. The Morgan fingerprint density at radius 3 is 2.87 bits per heavy atom. The molecule has 1 saturated heterocycles. The molecule has 15 heavy (non-hydrogen) atoms. The second kappa shape index (κ2) is 6.48. The van der Waals surface area contributed by atoms with Crippen LogP contribution < -0.4 is 0 Å². The average molecular weight is 278 g/mol. The van der Waals surface area contributed by atoms with Gasteiger partial charge in [-0.05, 0) is 26.7 Å². The van der Waals surface area contributed by atoms with Gasteiger partial charge in [-0.3, -0.25) is 4.79 Å². The van der Waals surface area contributed by atoms with E-state index in [1.54, 1.807) is 0 Å². The Labute approximate surface area is 100 Å². The molecule has 0 saturated carbocycles. The van der Waals surface area contributed by atoms with Gasteiger partial charge in [0.05, 0.1) is 18.8 Å². The molecule has 2 unspecified atom stereocenters. The highest BCUT2D eigenvalue weighted by atomic mass is 79.9. The Morgan fingerprint density at radius 2 is 2.20 bits per heavy atom. The minimum absolute atomic E-state index is 0.182. The second-order valence-corrected chi connectivity index (χ2v) is 4.98. The number of unbranched alkanes of at least 4 members (excludes halogenated alkanes) is 1. The van der Waals surface area contributed by atoms with E-state index in [1.165, 1.54) is 0 Å². The van der Waals surface area contributed by atoms with E-state index in [-0.39, 0.29) is 18.1 Å². The lowest BCUT2D eigenvalue weighted by molar-refractivity contribution is -0.143. The molecule has 0 aromatic rings. The molecule has 1 aliphatic rings. The summed E-state index contributed by atoms with van der Waals surface area (Å²) in [6.45, 7) is 5.48. The van der Waals surface area contributed by atoms with Crippen LogP contribution in [0.25, 0.3) is 0 Å². The number of halogens is 1. The number of morpholine rings is 1. The molecule has 2 atom stereocenters. The topological polar surface area (TPSA) is 29.5 Å². The van der Waals surface area contributed by atoms with Crippen molar-refractivity contribution in [2.45, 2.75) is 45.3 Å². The van der Waals surface area contributed by atoms with Gasteiger partial charge in [0.15, 0.2) is 0 Å². The van der Waals surface area contributed by atoms with Crippen molar-refractivity contribution in [2.75, 3.05) is 18.5 Å². The number of carbonyl (C=O) groups excluding carboxylic acids is 1. The van der Waals surface area contributed by atoms with Gasteiger partial charge >= 0.3 is 0 Å². The molecular weight excluding hydrogens is 258 g/mol. The first kappa shape index (κ1) is 13.0. The summed E-state index contributed by atoms with van der Waals surface area (Å²) in [7, 11) is 0. The predicted molar refractivity (Wildman–Crippen MR) is 64.2 cm³/mol. The summed E-state index contributed by atoms with van der Waals surface area (Å²) in [6, 6.07) is 0.234. The van der Waals surface area contributed by atoms with E-state index in [0.717, 1.165) is 24.7 Å². The van der Waals surface area contributed by atoms with Gasteiger partial charge in [0.1, 0.15) is 0 Å². The number of amides is 1. The first-order valence-electron chi connectivity index (χ1n) is 5.62. The first-order valence-corrected chi connectivity index (χ1v) is 6.74. The number of nitrogens with zero attached hydrogens (tertiary/aromatic N) is 1. The van der Waals surface area contributed by atoms with Crippen LogP contribution in [0.15, 0.2) is 0 Å². The van der Waals surface area contributed by atoms with Crippen molar-refractivity contribution in [1.29, 1.82) is 0 Å². The molecule has 0 aromatic heterocycles. The van der Waals surface area contributed by atoms with Crippen LogP contribution in [0.4, 0.5) is 0 Å². The molecule has 0 bridgehead atoms. The van der Waals surface area contributed by atoms with E-state index in [2.05, 4.69) is 15.9 Å². The van der Waals surface area contributed by atoms with Crippen molar-refractivity contribution in [1.82, 2.24) is 4.90 Å². The normalized spacial score (nSPS) is 26.7. The van der Waals surface area contributed by atoms with Crippen LogP contribution in [0.3, 0.4) is 0 Å². The van der Waals surface area contributed by atoms with Crippen molar-refractivity contribution in [2.24, 2.45) is 0 Å². The van der Waals surface area contributed by atoms with Gasteiger partial charge < -0.3 is 9.64 Å². The number of ether oxygens (including phenoxy) is 1. The largest absolute Gasteiger partial charge is 0.375 e. The third-order valence-corrected chi connectivity index (χ3v) is 3.26. The Balaban J connectivity index is 2.35. The fourth-order valence-electron chi connectivity index (χ4n) is 1.77. The van der Waals surface area contributed by atoms with Gasteiger partial charge in [0, 0.05) is 18.3 Å². The van der Waals surface area contributed by atoms with E-state index in [4.69, 9.17) is 4.74 Å². The van der Waals surface area contributed by atoms with E-state index in [0.29, 0.717) is 13.0 Å². The molecule has 3 nitrogen and oxygen atoms in total. The van der Waals surface area contributed by atoms with E-state index in [9.17, 15) is 4.79 Å². The van der Waals surface area contributed by atoms with E-state index >= 15 is 0 Å². The fraction of sp³-hybridized carbons (Fsp3) is 0.909. The Kier molecular flexibility index (Phi) is 5.61. The van der Waals surface area contributed by atoms with Gasteiger partial charge in [-0.15, -0.1) is 0 Å². The van der Waals surface area contributed by atoms with Crippen molar-refractivity contribution in [3.8, 4) is 0 Å². The zero-order valence-electron chi connectivity index (χ0n) is 9.54. The van der Waals surface area contributed by atoms with Crippen LogP contribution in [0, 0.1) is 0 Å². The zero-order chi connectivity index (χ0) is 11.3. The molecule has 1 amide bonds. The molecule has 1 aliphatic heterocycles. The summed E-state index contributed by atoms with van der Waals surface area (Å²) in [5.41, 5.74) is 0. The van der Waals surface area contributed by atoms with Crippen molar-refractivity contribution < 1.29 is 9.53 Å². The standard InChI is InChI=1S/C11H20BrNO2/c1-9-8-15-10(2)7-13(9)11(14)5-3-4-6-12/h9-10H,3-8H2,1-2H3. The maximum atomic E-state index is 11.9. The Hall–Kier alpha value is -0.0900. The van der Waals surface area contributed by atoms with Crippen molar-refractivity contribution in [3.05, 3.63) is 0 Å². The van der Waals surface area contributed by atoms with Crippen LogP contribution in [0.5, 0.6) is 0 Å². The quantitative estimate of drug-likeness (QED) is 0.582. The summed E-state index contributed by atoms with van der Waals surface area (Å²) >= 11 is 3.37. The van der Waals surface area contributed by atoms with Crippen LogP contribution >= 0.6 is 15.9 Å². The molecule has 88 valence electrons. The van der Waals surface area contributed by atoms with Crippen molar-refractivity contribution in [3.63, 3.8) is 0 Å². The first-order chi connectivity index (χ1) is 7.15. The maximum absolute atomic E-state index is 11.9. The number of hydrogen-bond acceptors (Lipinski definition) is 2. The molecule has 1 rings (SSSR count). The molecule has 0 aliphatic carbocycles. The molecular formula is C11H20BrNO2. The summed E-state index contributed by atoms with van der Waals surface area (Å²) in [5, 5.41) is 0.981. The molecule has 4 heteroatoms. The van der Waals surface area contributed by atoms with Gasteiger partial charge in [-0.25, -0.2) is 0 Å². The highest BCUT2D eigenvalue weighted by Crippen LogP contribution is 2.13. The smallest absolute Gasteiger partial charge is 0.222 e.